The minimum absolute atomic E-state index is 0. The Labute approximate surface area is 106 Å². The van der Waals surface area contributed by atoms with E-state index in [1.165, 1.54) is 6.08 Å². The molecule has 0 aromatic heterocycles. The van der Waals surface area contributed by atoms with Crippen LogP contribution in [0.25, 0.3) is 10.4 Å². The molecule has 7 nitrogen and oxygen atoms in total. The van der Waals surface area contributed by atoms with Crippen LogP contribution in [-0.2, 0) is 0 Å². The number of rotatable bonds is 2. The van der Waals surface area contributed by atoms with Gasteiger partial charge in [-0.25, -0.2) is 0 Å². The van der Waals surface area contributed by atoms with Gasteiger partial charge in [0, 0.05) is 4.91 Å². The van der Waals surface area contributed by atoms with Crippen LogP contribution in [0.4, 0.5) is 0 Å². The fraction of sp³-hybridized carbons (Fsp3) is 0.714. The van der Waals surface area contributed by atoms with Crippen molar-refractivity contribution in [1.29, 1.82) is 0 Å². The zero-order valence-corrected chi connectivity index (χ0v) is 10.2. The molecule has 1 aliphatic carbocycles. The topological polar surface area (TPSA) is 130 Å². The second kappa shape index (κ2) is 7.80. The van der Waals surface area contributed by atoms with E-state index >= 15 is 0 Å². The van der Waals surface area contributed by atoms with Gasteiger partial charge in [0.1, 0.15) is 12.2 Å². The van der Waals surface area contributed by atoms with Crippen molar-refractivity contribution >= 4 is 27.0 Å². The van der Waals surface area contributed by atoms with E-state index in [4.69, 9.17) is 10.6 Å². The van der Waals surface area contributed by atoms with Gasteiger partial charge in [0.2, 0.25) is 0 Å². The van der Waals surface area contributed by atoms with Gasteiger partial charge >= 0.3 is 0 Å². The first-order chi connectivity index (χ1) is 6.61. The van der Waals surface area contributed by atoms with E-state index < -0.39 is 31.0 Å². The third kappa shape index (κ3) is 3.56. The summed E-state index contributed by atoms with van der Waals surface area (Å²) in [7, 11) is 0. The fourth-order valence-electron chi connectivity index (χ4n) is 1.33. The van der Waals surface area contributed by atoms with Crippen LogP contribution in [-0.4, -0.2) is 51.4 Å². The molecule has 1 aliphatic rings. The summed E-state index contributed by atoms with van der Waals surface area (Å²) < 4.78 is 0. The van der Waals surface area contributed by atoms with Crippen LogP contribution in [0.15, 0.2) is 16.8 Å². The molecule has 0 spiro atoms. The van der Waals surface area contributed by atoms with E-state index in [9.17, 15) is 15.3 Å². The maximum Gasteiger partial charge on any atom is 0.110 e. The SMILES string of the molecule is S.S.[N-]=[N+]=NC1C=C(CO)[C@H](O)C(O)[C@@H]1O. The van der Waals surface area contributed by atoms with Crippen LogP contribution < -0.4 is 0 Å². The smallest absolute Gasteiger partial charge is 0.110 e. The molecule has 0 saturated heterocycles. The lowest BCUT2D eigenvalue weighted by Gasteiger charge is -2.31. The van der Waals surface area contributed by atoms with Crippen LogP contribution in [0, 0.1) is 0 Å². The molecule has 0 aromatic rings. The van der Waals surface area contributed by atoms with Gasteiger partial charge in [-0.05, 0) is 11.1 Å². The average molecular weight is 269 g/mol. The Kier molecular flexibility index (Phi) is 8.76. The molecule has 0 fully saturated rings. The van der Waals surface area contributed by atoms with Gasteiger partial charge in [-0.2, -0.15) is 27.0 Å². The fourth-order valence-corrected chi connectivity index (χ4v) is 1.33. The second-order valence-electron chi connectivity index (χ2n) is 3.02. The molecular formula is C7H15N3O4S2. The first kappa shape index (κ1) is 18.0. The Hall–Kier alpha value is -0.410. The highest BCUT2D eigenvalue weighted by Gasteiger charge is 2.36. The summed E-state index contributed by atoms with van der Waals surface area (Å²) in [6, 6.07) is -0.958. The summed E-state index contributed by atoms with van der Waals surface area (Å²) >= 11 is 0. The van der Waals surface area contributed by atoms with Crippen molar-refractivity contribution in [2.75, 3.05) is 6.61 Å². The molecule has 4 atom stereocenters. The Balaban J connectivity index is 0. The van der Waals surface area contributed by atoms with Crippen molar-refractivity contribution in [3.8, 4) is 0 Å². The first-order valence-corrected chi connectivity index (χ1v) is 4.01. The highest BCUT2D eigenvalue weighted by molar-refractivity contribution is 7.59. The van der Waals surface area contributed by atoms with E-state index in [-0.39, 0.29) is 32.6 Å². The molecule has 9 heteroatoms. The zero-order valence-electron chi connectivity index (χ0n) is 8.22. The Morgan fingerprint density at radius 2 is 1.81 bits per heavy atom. The van der Waals surface area contributed by atoms with Gasteiger partial charge in [-0.1, -0.05) is 11.2 Å². The van der Waals surface area contributed by atoms with Crippen molar-refractivity contribution < 1.29 is 20.4 Å². The summed E-state index contributed by atoms with van der Waals surface area (Å²) in [4.78, 5) is 2.48. The highest BCUT2D eigenvalue weighted by Crippen LogP contribution is 2.21. The Bertz CT molecular complexity index is 295. The summed E-state index contributed by atoms with van der Waals surface area (Å²) in [6.45, 7) is -0.456. The van der Waals surface area contributed by atoms with Crippen molar-refractivity contribution in [2.24, 2.45) is 5.11 Å². The number of aliphatic hydroxyl groups excluding tert-OH is 4. The summed E-state index contributed by atoms with van der Waals surface area (Å²) in [5.74, 6) is 0. The Morgan fingerprint density at radius 3 is 2.25 bits per heavy atom. The van der Waals surface area contributed by atoms with Gasteiger partial charge in [0.15, 0.2) is 0 Å². The second-order valence-corrected chi connectivity index (χ2v) is 3.02. The molecule has 0 heterocycles. The molecule has 0 radical (unpaired) electrons. The maximum atomic E-state index is 9.35. The molecule has 2 unspecified atom stereocenters. The van der Waals surface area contributed by atoms with Crippen LogP contribution in [0.3, 0.4) is 0 Å². The molecule has 0 amide bonds. The highest BCUT2D eigenvalue weighted by atomic mass is 32.1. The van der Waals surface area contributed by atoms with Gasteiger partial charge < -0.3 is 20.4 Å². The molecular weight excluding hydrogens is 254 g/mol. The Morgan fingerprint density at radius 1 is 1.25 bits per heavy atom. The quantitative estimate of drug-likeness (QED) is 0.219. The number of azide groups is 1. The number of nitrogens with zero attached hydrogens (tertiary/aromatic N) is 3. The van der Waals surface area contributed by atoms with Gasteiger partial charge in [0.05, 0.1) is 18.8 Å². The summed E-state index contributed by atoms with van der Waals surface area (Å²) in [5.41, 5.74) is 8.30. The normalized spacial score (nSPS) is 32.6. The van der Waals surface area contributed by atoms with Crippen LogP contribution in [0.5, 0.6) is 0 Å². The van der Waals surface area contributed by atoms with Gasteiger partial charge in [-0.15, -0.1) is 0 Å². The van der Waals surface area contributed by atoms with E-state index in [1.54, 1.807) is 0 Å². The minimum atomic E-state index is -1.45. The minimum Gasteiger partial charge on any atom is -0.392 e. The monoisotopic (exact) mass is 269 g/mol. The third-order valence-electron chi connectivity index (χ3n) is 2.16. The van der Waals surface area contributed by atoms with Crippen LogP contribution in [0.2, 0.25) is 0 Å². The lowest BCUT2D eigenvalue weighted by atomic mass is 9.89. The molecule has 1 rings (SSSR count). The molecule has 16 heavy (non-hydrogen) atoms. The van der Waals surface area contributed by atoms with Gasteiger partial charge in [-0.3, -0.25) is 0 Å². The van der Waals surface area contributed by atoms with Crippen molar-refractivity contribution in [2.45, 2.75) is 24.4 Å². The molecule has 0 bridgehead atoms. The average Bonchev–Trinajstić information content (AvgIpc) is 2.19. The molecule has 4 N–H and O–H groups in total. The van der Waals surface area contributed by atoms with E-state index in [0.29, 0.717) is 0 Å². The van der Waals surface area contributed by atoms with E-state index in [1.807, 2.05) is 0 Å². The summed E-state index contributed by atoms with van der Waals surface area (Å²) in [6.07, 6.45) is -2.86. The summed E-state index contributed by atoms with van der Waals surface area (Å²) in [5, 5.41) is 40.0. The number of hydrogen-bond donors (Lipinski definition) is 4. The largest absolute Gasteiger partial charge is 0.392 e. The van der Waals surface area contributed by atoms with Crippen molar-refractivity contribution in [3.63, 3.8) is 0 Å². The molecule has 0 aromatic carbocycles. The first-order valence-electron chi connectivity index (χ1n) is 4.01. The third-order valence-corrected chi connectivity index (χ3v) is 2.16. The number of hydrogen-bond acceptors (Lipinski definition) is 5. The molecule has 0 aliphatic heterocycles. The molecule has 0 saturated carbocycles. The predicted octanol–water partition coefficient (Wildman–Crippen LogP) is -1.09. The molecule has 94 valence electrons. The van der Waals surface area contributed by atoms with Crippen LogP contribution in [0.1, 0.15) is 0 Å². The standard InChI is InChI=1S/C7H11N3O4.2H2S/c8-10-9-4-1-3(2-11)5(12)7(14)6(4)13;;/h1,4-7,11-14H,2H2;2*1H2/t4?,5-,6+,7?;;/m0../s1. The zero-order chi connectivity index (χ0) is 10.7. The maximum absolute atomic E-state index is 9.35. The van der Waals surface area contributed by atoms with Crippen molar-refractivity contribution in [3.05, 3.63) is 22.1 Å². The lowest BCUT2D eigenvalue weighted by molar-refractivity contribution is -0.0595. The van der Waals surface area contributed by atoms with E-state index in [0.717, 1.165) is 0 Å². The predicted molar refractivity (Wildman–Crippen MR) is 66.9 cm³/mol. The lowest BCUT2D eigenvalue weighted by Crippen LogP contribution is -2.48. The van der Waals surface area contributed by atoms with E-state index in [2.05, 4.69) is 10.0 Å². The van der Waals surface area contributed by atoms with Gasteiger partial charge in [0.25, 0.3) is 0 Å². The van der Waals surface area contributed by atoms with Crippen LogP contribution >= 0.6 is 27.0 Å². The number of aliphatic hydroxyl groups is 4. The van der Waals surface area contributed by atoms with Crippen molar-refractivity contribution in [1.82, 2.24) is 0 Å².